The average molecular weight is 429 g/mol. The van der Waals surface area contributed by atoms with Crippen molar-refractivity contribution in [2.24, 2.45) is 11.3 Å². The summed E-state index contributed by atoms with van der Waals surface area (Å²) in [5.41, 5.74) is 1.42. The van der Waals surface area contributed by atoms with Gasteiger partial charge in [0.15, 0.2) is 0 Å². The molecule has 8 heteroatoms. The molecule has 5 nitrogen and oxygen atoms in total. The number of hydrogen-bond donors (Lipinski definition) is 2. The van der Waals surface area contributed by atoms with E-state index in [0.29, 0.717) is 12.0 Å². The number of benzene rings is 1. The van der Waals surface area contributed by atoms with Gasteiger partial charge in [0.25, 0.3) is 10.1 Å². The van der Waals surface area contributed by atoms with Gasteiger partial charge in [-0.05, 0) is 72.6 Å². The van der Waals surface area contributed by atoms with E-state index >= 15 is 0 Å². The number of carboxylic acids is 1. The molecule has 1 aromatic rings. The van der Waals surface area contributed by atoms with E-state index in [1.165, 1.54) is 0 Å². The average Bonchev–Trinajstić information content (AvgIpc) is 2.52. The zero-order valence-electron chi connectivity index (χ0n) is 19.9. The Balaban J connectivity index is 0. The SMILES string of the molecule is CC(C)c1cc2c(cc1S(=O)(=O)O)C1(C)CCCC(C)(C(=O)O)C1CC2.[H-].[H-].[Na+].[Na+]. The maximum Gasteiger partial charge on any atom is 1.00 e. The molecule has 148 valence electrons. The van der Waals surface area contributed by atoms with Gasteiger partial charge in [0, 0.05) is 0 Å². The largest absolute Gasteiger partial charge is 1.00 e. The molecule has 28 heavy (non-hydrogen) atoms. The Hall–Kier alpha value is 0.600. The van der Waals surface area contributed by atoms with E-state index in [-0.39, 0.29) is 78.7 Å². The van der Waals surface area contributed by atoms with Crippen molar-refractivity contribution < 1.29 is 84.8 Å². The van der Waals surface area contributed by atoms with Gasteiger partial charge < -0.3 is 7.96 Å². The van der Waals surface area contributed by atoms with Crippen LogP contribution in [0, 0.1) is 11.3 Å². The molecule has 0 heterocycles. The molecular formula is C20H30Na2O5S. The van der Waals surface area contributed by atoms with Gasteiger partial charge in [-0.1, -0.05) is 33.3 Å². The first-order valence-electron chi connectivity index (χ1n) is 9.29. The molecule has 0 aromatic heterocycles. The molecule has 0 saturated heterocycles. The molecule has 1 aromatic carbocycles. The van der Waals surface area contributed by atoms with Crippen molar-refractivity contribution in [1.82, 2.24) is 0 Å². The van der Waals surface area contributed by atoms with Crippen LogP contribution in [0.25, 0.3) is 0 Å². The summed E-state index contributed by atoms with van der Waals surface area (Å²) < 4.78 is 33.8. The molecule has 0 radical (unpaired) electrons. The van der Waals surface area contributed by atoms with Crippen LogP contribution < -0.4 is 59.1 Å². The minimum absolute atomic E-state index is 0. The van der Waals surface area contributed by atoms with Crippen LogP contribution in [0.15, 0.2) is 17.0 Å². The molecule has 0 aliphatic heterocycles. The van der Waals surface area contributed by atoms with Crippen molar-refractivity contribution in [3.05, 3.63) is 28.8 Å². The number of aryl methyl sites for hydroxylation is 1. The van der Waals surface area contributed by atoms with Gasteiger partial charge in [-0.2, -0.15) is 8.42 Å². The fraction of sp³-hybridized carbons (Fsp3) is 0.650. The molecule has 2 aliphatic rings. The molecule has 3 rings (SSSR count). The molecule has 0 amide bonds. The molecule has 0 bridgehead atoms. The van der Waals surface area contributed by atoms with Crippen LogP contribution in [0.4, 0.5) is 0 Å². The Morgan fingerprint density at radius 1 is 1.21 bits per heavy atom. The number of fused-ring (bicyclic) bond motifs is 3. The van der Waals surface area contributed by atoms with Gasteiger partial charge >= 0.3 is 65.1 Å². The monoisotopic (exact) mass is 428 g/mol. The van der Waals surface area contributed by atoms with Gasteiger partial charge in [0.2, 0.25) is 0 Å². The molecule has 3 unspecified atom stereocenters. The Morgan fingerprint density at radius 3 is 2.32 bits per heavy atom. The fourth-order valence-electron chi connectivity index (χ4n) is 5.45. The van der Waals surface area contributed by atoms with Crippen LogP contribution >= 0.6 is 0 Å². The first kappa shape index (κ1) is 26.6. The third kappa shape index (κ3) is 4.31. The summed E-state index contributed by atoms with van der Waals surface area (Å²) in [4.78, 5) is 12.0. The van der Waals surface area contributed by atoms with Crippen LogP contribution in [-0.2, 0) is 26.7 Å². The van der Waals surface area contributed by atoms with Crippen molar-refractivity contribution in [3.8, 4) is 0 Å². The predicted octanol–water partition coefficient (Wildman–Crippen LogP) is -1.62. The maximum atomic E-state index is 12.0. The van der Waals surface area contributed by atoms with Crippen molar-refractivity contribution in [2.45, 2.75) is 76.0 Å². The van der Waals surface area contributed by atoms with Gasteiger partial charge in [0.1, 0.15) is 0 Å². The normalized spacial score (nSPS) is 29.1. The van der Waals surface area contributed by atoms with Crippen molar-refractivity contribution in [1.29, 1.82) is 0 Å². The van der Waals surface area contributed by atoms with Gasteiger partial charge in [-0.25, -0.2) is 0 Å². The first-order valence-corrected chi connectivity index (χ1v) is 10.7. The number of aliphatic carboxylic acids is 1. The third-order valence-corrected chi connectivity index (χ3v) is 7.78. The molecular weight excluding hydrogens is 398 g/mol. The zero-order valence-corrected chi connectivity index (χ0v) is 22.7. The zero-order chi connectivity index (χ0) is 19.5. The fourth-order valence-corrected chi connectivity index (χ4v) is 6.31. The minimum Gasteiger partial charge on any atom is -1.00 e. The van der Waals surface area contributed by atoms with Gasteiger partial charge in [-0.3, -0.25) is 9.35 Å². The van der Waals surface area contributed by atoms with E-state index in [2.05, 4.69) is 6.92 Å². The molecule has 1 fully saturated rings. The van der Waals surface area contributed by atoms with E-state index < -0.39 is 26.9 Å². The second-order valence-corrected chi connectivity index (χ2v) is 10.2. The molecule has 2 N–H and O–H groups in total. The summed E-state index contributed by atoms with van der Waals surface area (Å²) in [5.74, 6) is -0.850. The van der Waals surface area contributed by atoms with Gasteiger partial charge in [0.05, 0.1) is 10.3 Å². The topological polar surface area (TPSA) is 91.7 Å². The molecule has 2 aliphatic carbocycles. The predicted molar refractivity (Wildman–Crippen MR) is 101 cm³/mol. The molecule has 3 atom stereocenters. The maximum absolute atomic E-state index is 12.0. The van der Waals surface area contributed by atoms with Crippen LogP contribution in [0.1, 0.15) is 78.8 Å². The summed E-state index contributed by atoms with van der Waals surface area (Å²) in [6.07, 6.45) is 3.80. The minimum atomic E-state index is -4.34. The second-order valence-electron chi connectivity index (χ2n) is 8.76. The van der Waals surface area contributed by atoms with Crippen LogP contribution in [0.3, 0.4) is 0 Å². The summed E-state index contributed by atoms with van der Waals surface area (Å²) in [6.45, 7) is 7.71. The Labute approximate surface area is 215 Å². The van der Waals surface area contributed by atoms with Crippen molar-refractivity contribution in [2.75, 3.05) is 0 Å². The van der Waals surface area contributed by atoms with E-state index in [9.17, 15) is 22.9 Å². The summed E-state index contributed by atoms with van der Waals surface area (Å²) >= 11 is 0. The molecule has 1 saturated carbocycles. The second kappa shape index (κ2) is 8.99. The van der Waals surface area contributed by atoms with Gasteiger partial charge in [-0.15, -0.1) is 0 Å². The van der Waals surface area contributed by atoms with Crippen molar-refractivity contribution >= 4 is 16.1 Å². The number of carboxylic acid groups (broad SMARTS) is 1. The Kier molecular flexibility index (Phi) is 8.55. The number of rotatable bonds is 3. The summed E-state index contributed by atoms with van der Waals surface area (Å²) in [5, 5.41) is 9.86. The Morgan fingerprint density at radius 2 is 1.82 bits per heavy atom. The van der Waals surface area contributed by atoms with E-state index in [0.717, 1.165) is 36.8 Å². The van der Waals surface area contributed by atoms with E-state index in [1.54, 1.807) is 6.07 Å². The molecule has 0 spiro atoms. The summed E-state index contributed by atoms with van der Waals surface area (Å²) in [7, 11) is -4.34. The van der Waals surface area contributed by atoms with E-state index in [1.807, 2.05) is 26.8 Å². The smallest absolute Gasteiger partial charge is 1.00 e. The first-order chi connectivity index (χ1) is 11.9. The third-order valence-electron chi connectivity index (χ3n) is 6.87. The van der Waals surface area contributed by atoms with Crippen LogP contribution in [0.5, 0.6) is 0 Å². The number of carbonyl (C=O) groups is 1. The van der Waals surface area contributed by atoms with E-state index in [4.69, 9.17) is 0 Å². The standard InChI is InChI=1S/C20H28O5S.2Na.2H/c1-12(2)14-10-13-6-7-17-19(3,8-5-9-20(17,4)18(21)22)15(13)11-16(14)26(23,24)25;;;;/h10-12,17H,5-9H2,1-4H3,(H,21,22)(H,23,24,25);;;;/q;2*+1;2*-1. The van der Waals surface area contributed by atoms with Crippen molar-refractivity contribution in [3.63, 3.8) is 0 Å². The quantitative estimate of drug-likeness (QED) is 0.446. The Bertz CT molecular complexity index is 878. The van der Waals surface area contributed by atoms with Crippen LogP contribution in [-0.4, -0.2) is 24.0 Å². The number of hydrogen-bond acceptors (Lipinski definition) is 3. The van der Waals surface area contributed by atoms with Crippen LogP contribution in [0.2, 0.25) is 0 Å². The summed E-state index contributed by atoms with van der Waals surface area (Å²) in [6, 6.07) is 3.54.